The van der Waals surface area contributed by atoms with Crippen LogP contribution in [0.5, 0.6) is 11.5 Å². The number of fused-ring (bicyclic) bond motifs is 1. The Labute approximate surface area is 232 Å². The molecule has 5 aromatic rings. The van der Waals surface area contributed by atoms with Crippen molar-refractivity contribution in [2.75, 3.05) is 5.32 Å². The van der Waals surface area contributed by atoms with Gasteiger partial charge in [-0.1, -0.05) is 53.5 Å². The van der Waals surface area contributed by atoms with Crippen LogP contribution < -0.4 is 10.1 Å². The van der Waals surface area contributed by atoms with Gasteiger partial charge in [0.2, 0.25) is 5.82 Å². The van der Waals surface area contributed by atoms with E-state index < -0.39 is 40.0 Å². The van der Waals surface area contributed by atoms with Crippen LogP contribution in [-0.2, 0) is 6.18 Å². The van der Waals surface area contributed by atoms with Crippen LogP contribution in [0.4, 0.5) is 24.5 Å². The summed E-state index contributed by atoms with van der Waals surface area (Å²) in [6, 6.07) is 16.6. The first-order valence-corrected chi connectivity index (χ1v) is 11.9. The second-order valence-electron chi connectivity index (χ2n) is 8.14. The summed E-state index contributed by atoms with van der Waals surface area (Å²) in [5.74, 6) is -2.11. The number of ether oxygens (including phenoxy) is 1. The van der Waals surface area contributed by atoms with E-state index in [2.05, 4.69) is 20.4 Å². The van der Waals surface area contributed by atoms with Crippen LogP contribution in [0.3, 0.4) is 0 Å². The van der Waals surface area contributed by atoms with Gasteiger partial charge in [0.25, 0.3) is 17.4 Å². The van der Waals surface area contributed by atoms with Crippen LogP contribution in [0.1, 0.15) is 16.3 Å². The van der Waals surface area contributed by atoms with Gasteiger partial charge < -0.3 is 10.1 Å². The van der Waals surface area contributed by atoms with Gasteiger partial charge in [-0.3, -0.25) is 14.9 Å². The standard InChI is InChI=1S/C25H13Cl2F3N6O4/c26-14-6-7-20(18(27)8-14)40-17-10-15(9-16(11-17)36(38)39)31-23(37)22-33-24-32-19(13-4-2-1-3-5-13)12-21(25(28,29)30)35(24)34-22/h1-12H,(H,31,37). The van der Waals surface area contributed by atoms with E-state index in [-0.39, 0.29) is 27.9 Å². The molecule has 0 radical (unpaired) electrons. The molecule has 0 saturated heterocycles. The highest BCUT2D eigenvalue weighted by molar-refractivity contribution is 6.35. The van der Waals surface area contributed by atoms with Gasteiger partial charge in [0.1, 0.15) is 11.5 Å². The largest absolute Gasteiger partial charge is 0.455 e. The van der Waals surface area contributed by atoms with Gasteiger partial charge in [-0.2, -0.15) is 22.7 Å². The maximum atomic E-state index is 13.9. The number of non-ortho nitro benzene ring substituents is 1. The van der Waals surface area contributed by atoms with Crippen molar-refractivity contribution in [1.82, 2.24) is 19.6 Å². The lowest BCUT2D eigenvalue weighted by Gasteiger charge is -2.10. The molecule has 40 heavy (non-hydrogen) atoms. The predicted molar refractivity (Wildman–Crippen MR) is 139 cm³/mol. The van der Waals surface area contributed by atoms with Crippen molar-refractivity contribution in [3.05, 3.63) is 104 Å². The van der Waals surface area contributed by atoms with Crippen molar-refractivity contribution in [2.24, 2.45) is 0 Å². The van der Waals surface area contributed by atoms with Gasteiger partial charge in [-0.05, 0) is 24.3 Å². The summed E-state index contributed by atoms with van der Waals surface area (Å²) >= 11 is 12.0. The molecular weight excluding hydrogens is 576 g/mol. The summed E-state index contributed by atoms with van der Waals surface area (Å²) < 4.78 is 47.6. The Kier molecular flexibility index (Phi) is 7.00. The molecule has 0 saturated carbocycles. The predicted octanol–water partition coefficient (Wildman–Crippen LogP) is 7.07. The Morgan fingerprint density at radius 2 is 1.75 bits per heavy atom. The third kappa shape index (κ3) is 5.65. The highest BCUT2D eigenvalue weighted by atomic mass is 35.5. The van der Waals surface area contributed by atoms with Gasteiger partial charge in [0, 0.05) is 22.7 Å². The lowest BCUT2D eigenvalue weighted by atomic mass is 10.1. The Bertz CT molecular complexity index is 1780. The molecule has 0 atom stereocenters. The Morgan fingerprint density at radius 3 is 2.42 bits per heavy atom. The number of carbonyl (C=O) groups excluding carboxylic acids is 1. The average molecular weight is 589 g/mol. The molecule has 2 heterocycles. The number of nitro groups is 1. The zero-order valence-corrected chi connectivity index (χ0v) is 21.2. The average Bonchev–Trinajstić information content (AvgIpc) is 3.34. The highest BCUT2D eigenvalue weighted by Crippen LogP contribution is 2.35. The number of nitro benzene ring substituents is 1. The SMILES string of the molecule is O=C(Nc1cc(Oc2ccc(Cl)cc2Cl)cc([N+](=O)[O-])c1)c1nc2nc(-c3ccccc3)cc(C(F)(F)F)n2n1. The van der Waals surface area contributed by atoms with Crippen molar-refractivity contribution in [3.8, 4) is 22.8 Å². The second kappa shape index (κ2) is 10.4. The summed E-state index contributed by atoms with van der Waals surface area (Å²) in [6.07, 6.45) is -4.85. The molecule has 0 spiro atoms. The molecule has 1 amide bonds. The van der Waals surface area contributed by atoms with E-state index in [0.717, 1.165) is 18.2 Å². The lowest BCUT2D eigenvalue weighted by Crippen LogP contribution is -2.16. The molecule has 2 aromatic heterocycles. The minimum atomic E-state index is -4.85. The molecular formula is C25H13Cl2F3N6O4. The lowest BCUT2D eigenvalue weighted by molar-refractivity contribution is -0.384. The molecule has 0 fully saturated rings. The zero-order chi connectivity index (χ0) is 28.6. The monoisotopic (exact) mass is 588 g/mol. The minimum Gasteiger partial charge on any atom is -0.455 e. The Balaban J connectivity index is 1.50. The van der Waals surface area contributed by atoms with E-state index in [4.69, 9.17) is 27.9 Å². The minimum absolute atomic E-state index is 0.0267. The third-order valence-electron chi connectivity index (χ3n) is 5.36. The molecule has 15 heteroatoms. The molecule has 0 unspecified atom stereocenters. The maximum Gasteiger partial charge on any atom is 0.433 e. The van der Waals surface area contributed by atoms with E-state index in [1.54, 1.807) is 30.3 Å². The third-order valence-corrected chi connectivity index (χ3v) is 5.89. The van der Waals surface area contributed by atoms with Gasteiger partial charge in [0.05, 0.1) is 27.4 Å². The Hall–Kier alpha value is -4.75. The number of hydrogen-bond donors (Lipinski definition) is 1. The van der Waals surface area contributed by atoms with E-state index in [0.29, 0.717) is 15.1 Å². The van der Waals surface area contributed by atoms with Gasteiger partial charge >= 0.3 is 6.18 Å². The number of rotatable bonds is 6. The summed E-state index contributed by atoms with van der Waals surface area (Å²) in [5, 5.41) is 18.0. The fourth-order valence-corrected chi connectivity index (χ4v) is 4.06. The number of alkyl halides is 3. The van der Waals surface area contributed by atoms with E-state index in [1.165, 1.54) is 24.3 Å². The summed E-state index contributed by atoms with van der Waals surface area (Å²) in [4.78, 5) is 31.7. The second-order valence-corrected chi connectivity index (χ2v) is 8.98. The zero-order valence-electron chi connectivity index (χ0n) is 19.7. The quantitative estimate of drug-likeness (QED) is 0.166. The highest BCUT2D eigenvalue weighted by Gasteiger charge is 2.36. The van der Waals surface area contributed by atoms with Crippen LogP contribution in [0, 0.1) is 10.1 Å². The molecule has 0 aliphatic rings. The number of benzene rings is 3. The first kappa shape index (κ1) is 26.8. The van der Waals surface area contributed by atoms with Crippen molar-refractivity contribution in [2.45, 2.75) is 6.18 Å². The van der Waals surface area contributed by atoms with Crippen LogP contribution in [-0.4, -0.2) is 30.4 Å². The first-order valence-electron chi connectivity index (χ1n) is 11.1. The first-order chi connectivity index (χ1) is 19.0. The molecule has 0 bridgehead atoms. The number of amides is 1. The number of anilines is 1. The summed E-state index contributed by atoms with van der Waals surface area (Å²) in [5.41, 5.74) is -1.40. The number of carbonyl (C=O) groups is 1. The van der Waals surface area contributed by atoms with Crippen LogP contribution >= 0.6 is 23.2 Å². The molecule has 3 aromatic carbocycles. The van der Waals surface area contributed by atoms with Crippen LogP contribution in [0.25, 0.3) is 17.0 Å². The molecule has 1 N–H and O–H groups in total. The fraction of sp³-hybridized carbons (Fsp3) is 0.0400. The molecule has 10 nitrogen and oxygen atoms in total. The smallest absolute Gasteiger partial charge is 0.433 e. The molecule has 202 valence electrons. The van der Waals surface area contributed by atoms with Gasteiger partial charge in [0.15, 0.2) is 5.69 Å². The number of aromatic nitrogens is 4. The van der Waals surface area contributed by atoms with E-state index in [9.17, 15) is 28.1 Å². The van der Waals surface area contributed by atoms with Crippen LogP contribution in [0.2, 0.25) is 10.0 Å². The number of hydrogen-bond acceptors (Lipinski definition) is 7. The van der Waals surface area contributed by atoms with E-state index in [1.807, 2.05) is 0 Å². The van der Waals surface area contributed by atoms with Gasteiger partial charge in [-0.25, -0.2) is 4.98 Å². The van der Waals surface area contributed by atoms with Crippen molar-refractivity contribution < 1.29 is 27.6 Å². The number of halogens is 5. The molecule has 0 aliphatic carbocycles. The normalized spacial score (nSPS) is 11.4. The number of nitrogens with zero attached hydrogens (tertiary/aromatic N) is 5. The van der Waals surface area contributed by atoms with Crippen molar-refractivity contribution in [1.29, 1.82) is 0 Å². The number of nitrogens with one attached hydrogen (secondary N) is 1. The molecule has 5 rings (SSSR count). The van der Waals surface area contributed by atoms with Gasteiger partial charge in [-0.15, -0.1) is 5.10 Å². The fourth-order valence-electron chi connectivity index (χ4n) is 3.62. The van der Waals surface area contributed by atoms with Crippen molar-refractivity contribution >= 4 is 46.3 Å². The molecule has 0 aliphatic heterocycles. The summed E-state index contributed by atoms with van der Waals surface area (Å²) in [7, 11) is 0. The topological polar surface area (TPSA) is 125 Å². The van der Waals surface area contributed by atoms with Crippen LogP contribution in [0.15, 0.2) is 72.8 Å². The van der Waals surface area contributed by atoms with E-state index >= 15 is 0 Å². The Morgan fingerprint density at radius 1 is 1.00 bits per heavy atom. The summed E-state index contributed by atoms with van der Waals surface area (Å²) in [6.45, 7) is 0. The van der Waals surface area contributed by atoms with Crippen molar-refractivity contribution in [3.63, 3.8) is 0 Å². The maximum absolute atomic E-state index is 13.9.